The Kier molecular flexibility index (Phi) is 4.38. The van der Waals surface area contributed by atoms with E-state index in [9.17, 15) is 10.1 Å². The Bertz CT molecular complexity index is 590. The Morgan fingerprint density at radius 2 is 2.20 bits per heavy atom. The Morgan fingerprint density at radius 1 is 1.35 bits per heavy atom. The number of anilines is 2. The van der Waals surface area contributed by atoms with Crippen molar-refractivity contribution in [2.24, 2.45) is 0 Å². The van der Waals surface area contributed by atoms with Crippen LogP contribution in [-0.4, -0.2) is 33.5 Å². The predicted octanol–water partition coefficient (Wildman–Crippen LogP) is 1.48. The van der Waals surface area contributed by atoms with E-state index in [2.05, 4.69) is 25.6 Å². The second kappa shape index (κ2) is 6.41. The molecule has 0 amide bonds. The first-order valence-corrected chi connectivity index (χ1v) is 6.03. The van der Waals surface area contributed by atoms with E-state index in [0.29, 0.717) is 18.9 Å². The number of aromatic nitrogens is 3. The second-order valence-electron chi connectivity index (χ2n) is 3.93. The molecule has 2 aromatic heterocycles. The summed E-state index contributed by atoms with van der Waals surface area (Å²) in [6, 6.07) is 5.63. The minimum atomic E-state index is -0.511. The van der Waals surface area contributed by atoms with Crippen molar-refractivity contribution in [3.8, 4) is 0 Å². The maximum atomic E-state index is 10.9. The van der Waals surface area contributed by atoms with Crippen LogP contribution < -0.4 is 10.6 Å². The molecule has 0 saturated carbocycles. The standard InChI is InChI=1S/C12H14N6O2/c1-13-12-16-8-10(18(19)20)11(17-12)15-7-5-9-4-2-3-6-14-9/h2-4,6,8H,5,7H2,1H3,(H2,13,15,16,17). The molecule has 2 aromatic rings. The summed E-state index contributed by atoms with van der Waals surface area (Å²) in [7, 11) is 1.65. The van der Waals surface area contributed by atoms with E-state index in [0.717, 1.165) is 5.69 Å². The molecule has 2 rings (SSSR count). The third kappa shape index (κ3) is 3.37. The molecule has 0 fully saturated rings. The lowest BCUT2D eigenvalue weighted by Crippen LogP contribution is -2.11. The summed E-state index contributed by atoms with van der Waals surface area (Å²) in [5.41, 5.74) is 0.760. The molecule has 0 aliphatic heterocycles. The Hall–Kier alpha value is -2.77. The van der Waals surface area contributed by atoms with E-state index in [4.69, 9.17) is 0 Å². The minimum Gasteiger partial charge on any atom is -0.364 e. The summed E-state index contributed by atoms with van der Waals surface area (Å²) in [5, 5.41) is 16.6. The van der Waals surface area contributed by atoms with Crippen molar-refractivity contribution in [3.05, 3.63) is 46.4 Å². The van der Waals surface area contributed by atoms with E-state index in [-0.39, 0.29) is 11.5 Å². The van der Waals surface area contributed by atoms with Crippen molar-refractivity contribution in [1.29, 1.82) is 0 Å². The second-order valence-corrected chi connectivity index (χ2v) is 3.93. The summed E-state index contributed by atoms with van der Waals surface area (Å²) in [5.74, 6) is 0.529. The van der Waals surface area contributed by atoms with Gasteiger partial charge in [0.05, 0.1) is 4.92 Å². The minimum absolute atomic E-state index is 0.148. The molecule has 0 unspecified atom stereocenters. The molecule has 0 spiro atoms. The molecule has 8 nitrogen and oxygen atoms in total. The lowest BCUT2D eigenvalue weighted by Gasteiger charge is -2.07. The highest BCUT2D eigenvalue weighted by Crippen LogP contribution is 2.21. The molecule has 8 heteroatoms. The lowest BCUT2D eigenvalue weighted by molar-refractivity contribution is -0.384. The zero-order valence-electron chi connectivity index (χ0n) is 10.9. The fourth-order valence-electron chi connectivity index (χ4n) is 1.61. The van der Waals surface area contributed by atoms with Gasteiger partial charge in [0.25, 0.3) is 0 Å². The van der Waals surface area contributed by atoms with Crippen LogP contribution in [0.3, 0.4) is 0 Å². The fraction of sp³-hybridized carbons (Fsp3) is 0.250. The third-order valence-electron chi connectivity index (χ3n) is 2.59. The highest BCUT2D eigenvalue weighted by atomic mass is 16.6. The van der Waals surface area contributed by atoms with E-state index < -0.39 is 4.92 Å². The number of rotatable bonds is 6. The van der Waals surface area contributed by atoms with Crippen LogP contribution in [0.5, 0.6) is 0 Å². The average molecular weight is 274 g/mol. The topological polar surface area (TPSA) is 106 Å². The van der Waals surface area contributed by atoms with Crippen molar-refractivity contribution in [1.82, 2.24) is 15.0 Å². The average Bonchev–Trinajstić information content (AvgIpc) is 2.48. The Labute approximate surface area is 115 Å². The first kappa shape index (κ1) is 13.7. The molecule has 2 heterocycles. The van der Waals surface area contributed by atoms with Crippen molar-refractivity contribution in [3.63, 3.8) is 0 Å². The summed E-state index contributed by atoms with van der Waals surface area (Å²) in [4.78, 5) is 22.5. The number of hydrogen-bond donors (Lipinski definition) is 2. The maximum Gasteiger partial charge on any atom is 0.329 e. The fourth-order valence-corrected chi connectivity index (χ4v) is 1.61. The van der Waals surface area contributed by atoms with Gasteiger partial charge in [0.2, 0.25) is 11.8 Å². The molecule has 0 bridgehead atoms. The van der Waals surface area contributed by atoms with E-state index in [1.54, 1.807) is 13.2 Å². The molecular formula is C12H14N6O2. The van der Waals surface area contributed by atoms with Gasteiger partial charge in [-0.15, -0.1) is 0 Å². The van der Waals surface area contributed by atoms with Gasteiger partial charge in [-0.3, -0.25) is 15.1 Å². The number of pyridine rings is 1. The van der Waals surface area contributed by atoms with Gasteiger partial charge in [0.1, 0.15) is 6.20 Å². The largest absolute Gasteiger partial charge is 0.364 e. The van der Waals surface area contributed by atoms with Gasteiger partial charge in [0, 0.05) is 31.9 Å². The monoisotopic (exact) mass is 274 g/mol. The van der Waals surface area contributed by atoms with Crippen molar-refractivity contribution in [2.75, 3.05) is 24.2 Å². The van der Waals surface area contributed by atoms with E-state index in [1.165, 1.54) is 6.20 Å². The van der Waals surface area contributed by atoms with Crippen molar-refractivity contribution < 1.29 is 4.92 Å². The van der Waals surface area contributed by atoms with E-state index in [1.807, 2.05) is 18.2 Å². The van der Waals surface area contributed by atoms with Gasteiger partial charge < -0.3 is 10.6 Å². The number of nitro groups is 1. The Balaban J connectivity index is 2.06. The Morgan fingerprint density at radius 3 is 2.85 bits per heavy atom. The van der Waals surface area contributed by atoms with Crippen LogP contribution in [0, 0.1) is 10.1 Å². The van der Waals surface area contributed by atoms with Crippen LogP contribution in [0.2, 0.25) is 0 Å². The quantitative estimate of drug-likeness (QED) is 0.607. The molecule has 104 valence electrons. The molecule has 2 N–H and O–H groups in total. The van der Waals surface area contributed by atoms with Crippen LogP contribution in [-0.2, 0) is 6.42 Å². The van der Waals surface area contributed by atoms with Crippen LogP contribution in [0.4, 0.5) is 17.5 Å². The molecule has 0 aliphatic rings. The highest BCUT2D eigenvalue weighted by molar-refractivity contribution is 5.56. The SMILES string of the molecule is CNc1ncc([N+](=O)[O-])c(NCCc2ccccn2)n1. The summed E-state index contributed by atoms with van der Waals surface area (Å²) < 4.78 is 0. The molecule has 0 saturated heterocycles. The highest BCUT2D eigenvalue weighted by Gasteiger charge is 2.16. The van der Waals surface area contributed by atoms with Gasteiger partial charge in [-0.1, -0.05) is 6.07 Å². The summed E-state index contributed by atoms with van der Waals surface area (Å²) in [6.45, 7) is 0.498. The zero-order valence-corrected chi connectivity index (χ0v) is 10.9. The van der Waals surface area contributed by atoms with Gasteiger partial charge >= 0.3 is 5.69 Å². The number of hydrogen-bond acceptors (Lipinski definition) is 7. The molecular weight excluding hydrogens is 260 g/mol. The van der Waals surface area contributed by atoms with Gasteiger partial charge in [0.15, 0.2) is 0 Å². The number of nitrogens with one attached hydrogen (secondary N) is 2. The molecule has 0 atom stereocenters. The first-order valence-electron chi connectivity index (χ1n) is 6.03. The van der Waals surface area contributed by atoms with Gasteiger partial charge in [-0.2, -0.15) is 4.98 Å². The maximum absolute atomic E-state index is 10.9. The smallest absolute Gasteiger partial charge is 0.329 e. The van der Waals surface area contributed by atoms with Crippen LogP contribution in [0.1, 0.15) is 5.69 Å². The molecule has 0 aromatic carbocycles. The molecule has 0 aliphatic carbocycles. The normalized spacial score (nSPS) is 10.1. The molecule has 0 radical (unpaired) electrons. The zero-order chi connectivity index (χ0) is 14.4. The first-order chi connectivity index (χ1) is 9.70. The predicted molar refractivity (Wildman–Crippen MR) is 74.7 cm³/mol. The number of nitrogens with zero attached hydrogens (tertiary/aromatic N) is 4. The van der Waals surface area contributed by atoms with Crippen molar-refractivity contribution in [2.45, 2.75) is 6.42 Å². The summed E-state index contributed by atoms with van der Waals surface area (Å²) in [6.07, 6.45) is 3.54. The van der Waals surface area contributed by atoms with E-state index >= 15 is 0 Å². The van der Waals surface area contributed by atoms with Crippen LogP contribution in [0.25, 0.3) is 0 Å². The lowest BCUT2D eigenvalue weighted by atomic mass is 10.3. The van der Waals surface area contributed by atoms with Crippen LogP contribution >= 0.6 is 0 Å². The van der Waals surface area contributed by atoms with Gasteiger partial charge in [-0.05, 0) is 12.1 Å². The van der Waals surface area contributed by atoms with Crippen molar-refractivity contribution >= 4 is 17.5 Å². The van der Waals surface area contributed by atoms with Gasteiger partial charge in [-0.25, -0.2) is 4.98 Å². The molecule has 20 heavy (non-hydrogen) atoms. The van der Waals surface area contributed by atoms with Crippen LogP contribution in [0.15, 0.2) is 30.6 Å². The summed E-state index contributed by atoms with van der Waals surface area (Å²) >= 11 is 0. The third-order valence-corrected chi connectivity index (χ3v) is 2.59.